The second-order valence-corrected chi connectivity index (χ2v) is 8.71. The van der Waals surface area contributed by atoms with Crippen LogP contribution in [0.1, 0.15) is 6.42 Å². The number of carboxylic acids is 1. The molecule has 5 rings (SSSR count). The Morgan fingerprint density at radius 1 is 1.13 bits per heavy atom. The molecule has 0 bridgehead atoms. The first-order valence-corrected chi connectivity index (χ1v) is 11.6. The minimum absolute atomic E-state index is 0.0221. The number of H-pyrrole nitrogens is 2. The minimum atomic E-state index is -1.44. The Labute approximate surface area is 217 Å². The van der Waals surface area contributed by atoms with Crippen LogP contribution in [0.15, 0.2) is 62.6 Å². The molecular weight excluding hydrogens is 517 g/mol. The van der Waals surface area contributed by atoms with Gasteiger partial charge in [0.15, 0.2) is 5.82 Å². The van der Waals surface area contributed by atoms with E-state index in [1.807, 2.05) is 0 Å². The lowest BCUT2D eigenvalue weighted by Crippen LogP contribution is -2.53. The summed E-state index contributed by atoms with van der Waals surface area (Å²) < 4.78 is 24.6. The molecule has 0 radical (unpaired) electrons. The van der Waals surface area contributed by atoms with Crippen molar-refractivity contribution in [2.75, 3.05) is 23.4 Å². The van der Waals surface area contributed by atoms with E-state index in [0.717, 1.165) is 6.07 Å². The molecule has 2 atom stereocenters. The Balaban J connectivity index is 1.38. The van der Waals surface area contributed by atoms with Crippen LogP contribution < -0.4 is 21.5 Å². The van der Waals surface area contributed by atoms with E-state index in [1.165, 1.54) is 23.1 Å². The third-order valence-electron chi connectivity index (χ3n) is 6.17. The highest BCUT2D eigenvalue weighted by Crippen LogP contribution is 2.28. The monoisotopic (exact) mass is 537 g/mol. The smallest absolute Gasteiger partial charge is 0.439 e. The van der Waals surface area contributed by atoms with Crippen molar-refractivity contribution in [3.63, 3.8) is 0 Å². The van der Waals surface area contributed by atoms with Crippen LogP contribution in [0.4, 0.5) is 15.8 Å². The number of aliphatic carboxylic acids is 1. The van der Waals surface area contributed by atoms with Gasteiger partial charge in [0.05, 0.1) is 24.5 Å². The summed E-state index contributed by atoms with van der Waals surface area (Å²) in [4.78, 5) is 67.2. The normalized spacial score (nSPS) is 16.3. The number of hydrogen-bond acceptors (Lipinski definition) is 8. The van der Waals surface area contributed by atoms with Crippen molar-refractivity contribution >= 4 is 40.1 Å². The Morgan fingerprint density at radius 3 is 2.67 bits per heavy atom. The molecule has 4 aromatic rings. The second-order valence-electron chi connectivity index (χ2n) is 8.71. The zero-order valence-electron chi connectivity index (χ0n) is 20.0. The molecule has 13 nitrogen and oxygen atoms in total. The van der Waals surface area contributed by atoms with E-state index < -0.39 is 47.8 Å². The maximum atomic E-state index is 14.6. The molecule has 0 aliphatic carbocycles. The largest absolute Gasteiger partial charge is 0.481 e. The van der Waals surface area contributed by atoms with Gasteiger partial charge in [0.2, 0.25) is 11.5 Å². The first-order valence-electron chi connectivity index (χ1n) is 11.6. The molecule has 39 heavy (non-hydrogen) atoms. The number of aromatic nitrogens is 3. The van der Waals surface area contributed by atoms with Crippen molar-refractivity contribution in [2.45, 2.75) is 12.5 Å². The summed E-state index contributed by atoms with van der Waals surface area (Å²) in [5.41, 5.74) is 0.654. The first-order chi connectivity index (χ1) is 18.7. The van der Waals surface area contributed by atoms with Crippen LogP contribution in [0.2, 0.25) is 0 Å². The summed E-state index contributed by atoms with van der Waals surface area (Å²) in [6, 6.07) is 11.4. The molecule has 4 N–H and O–H groups in total. The fraction of sp³-hybridized carbons (Fsp3) is 0.200. The van der Waals surface area contributed by atoms with Crippen LogP contribution in [-0.2, 0) is 19.1 Å². The first kappa shape index (κ1) is 25.5. The van der Waals surface area contributed by atoms with Gasteiger partial charge in [-0.3, -0.25) is 28.7 Å². The van der Waals surface area contributed by atoms with Crippen molar-refractivity contribution in [3.8, 4) is 11.4 Å². The number of rotatable bonds is 7. The third kappa shape index (κ3) is 5.31. The molecule has 1 saturated heterocycles. The number of pyridine rings is 1. The molecule has 1 aliphatic rings. The Kier molecular flexibility index (Phi) is 6.77. The van der Waals surface area contributed by atoms with Gasteiger partial charge < -0.3 is 25.0 Å². The molecule has 200 valence electrons. The topological polar surface area (TPSA) is 188 Å². The maximum absolute atomic E-state index is 14.6. The summed E-state index contributed by atoms with van der Waals surface area (Å²) >= 11 is 0. The summed E-state index contributed by atoms with van der Waals surface area (Å²) in [5, 5.41) is 16.0. The van der Waals surface area contributed by atoms with Gasteiger partial charge in [-0.2, -0.15) is 0 Å². The van der Waals surface area contributed by atoms with E-state index in [9.17, 15) is 33.5 Å². The van der Waals surface area contributed by atoms with Gasteiger partial charge in [0, 0.05) is 34.9 Å². The predicted molar refractivity (Wildman–Crippen MR) is 134 cm³/mol. The van der Waals surface area contributed by atoms with Crippen LogP contribution in [0.5, 0.6) is 0 Å². The number of ether oxygens (including phenoxy) is 1. The Bertz CT molecular complexity index is 1710. The molecule has 0 saturated carbocycles. The van der Waals surface area contributed by atoms with Crippen molar-refractivity contribution in [1.82, 2.24) is 15.1 Å². The zero-order valence-corrected chi connectivity index (χ0v) is 20.0. The lowest BCUT2D eigenvalue weighted by atomic mass is 9.94. The maximum Gasteiger partial charge on any atom is 0.439 e. The molecule has 2 amide bonds. The van der Waals surface area contributed by atoms with Gasteiger partial charge in [0.25, 0.3) is 5.91 Å². The minimum Gasteiger partial charge on any atom is -0.481 e. The number of morpholine rings is 1. The summed E-state index contributed by atoms with van der Waals surface area (Å²) in [5.74, 6) is -6.14. The number of fused-ring (bicyclic) bond motifs is 1. The number of hydrogen-bond donors (Lipinski definition) is 4. The van der Waals surface area contributed by atoms with Gasteiger partial charge in [-0.25, -0.2) is 9.18 Å². The second kappa shape index (κ2) is 10.3. The van der Waals surface area contributed by atoms with Gasteiger partial charge in [-0.15, -0.1) is 0 Å². The molecular formula is C25H20FN5O8. The van der Waals surface area contributed by atoms with Crippen molar-refractivity contribution in [3.05, 3.63) is 75.3 Å². The van der Waals surface area contributed by atoms with Crippen molar-refractivity contribution in [1.29, 1.82) is 0 Å². The van der Waals surface area contributed by atoms with E-state index in [-0.39, 0.29) is 35.8 Å². The van der Waals surface area contributed by atoms with Crippen LogP contribution in [0.25, 0.3) is 22.3 Å². The number of aromatic amines is 2. The Morgan fingerprint density at radius 2 is 1.95 bits per heavy atom. The van der Waals surface area contributed by atoms with Gasteiger partial charge >= 0.3 is 11.7 Å². The van der Waals surface area contributed by atoms with Crippen LogP contribution >= 0.6 is 0 Å². The van der Waals surface area contributed by atoms with E-state index in [2.05, 4.69) is 25.0 Å². The van der Waals surface area contributed by atoms with E-state index in [1.54, 1.807) is 24.3 Å². The fourth-order valence-corrected chi connectivity index (χ4v) is 4.35. The summed E-state index contributed by atoms with van der Waals surface area (Å²) in [7, 11) is 0. The van der Waals surface area contributed by atoms with Gasteiger partial charge in [-0.1, -0.05) is 5.16 Å². The van der Waals surface area contributed by atoms with Crippen molar-refractivity contribution in [2.24, 2.45) is 5.92 Å². The molecule has 3 heterocycles. The molecule has 1 fully saturated rings. The number of carbonyl (C=O) groups is 3. The third-order valence-corrected chi connectivity index (χ3v) is 6.17. The Hall–Kier alpha value is -5.11. The fourth-order valence-electron chi connectivity index (χ4n) is 4.35. The number of anilines is 2. The zero-order chi connectivity index (χ0) is 27.7. The number of nitrogens with zero attached hydrogens (tertiary/aromatic N) is 2. The highest BCUT2D eigenvalue weighted by atomic mass is 19.1. The molecule has 14 heteroatoms. The summed E-state index contributed by atoms with van der Waals surface area (Å²) in [6.07, 6.45) is -2.15. The number of carbonyl (C=O) groups excluding carboxylic acids is 2. The van der Waals surface area contributed by atoms with E-state index >= 15 is 0 Å². The van der Waals surface area contributed by atoms with Crippen LogP contribution in [0, 0.1) is 11.7 Å². The quantitative estimate of drug-likeness (QED) is 0.271. The molecule has 2 aromatic carbocycles. The average Bonchev–Trinajstić information content (AvgIpc) is 3.33. The van der Waals surface area contributed by atoms with E-state index in [4.69, 9.17) is 4.74 Å². The lowest BCUT2D eigenvalue weighted by molar-refractivity contribution is -0.149. The molecule has 0 unspecified atom stereocenters. The average molecular weight is 537 g/mol. The van der Waals surface area contributed by atoms with Crippen molar-refractivity contribution < 1.29 is 33.1 Å². The highest BCUT2D eigenvalue weighted by molar-refractivity contribution is 6.04. The number of benzene rings is 2. The number of nitrogens with one attached hydrogen (secondary N) is 3. The highest BCUT2D eigenvalue weighted by Gasteiger charge is 2.41. The predicted octanol–water partition coefficient (Wildman–Crippen LogP) is 1.47. The molecule has 1 aliphatic heterocycles. The SMILES string of the molecule is O=C(O)C[C@@H](C(=O)Nc1ccc(-c2noc(=O)[nH]2)c(F)c1)[C@H]1OCCN(c2ccc3[nH]c(=O)ccc3c2)C1=O. The van der Waals surface area contributed by atoms with Gasteiger partial charge in [-0.05, 0) is 42.5 Å². The van der Waals surface area contributed by atoms with E-state index in [0.29, 0.717) is 16.6 Å². The molecule has 2 aromatic heterocycles. The van der Waals surface area contributed by atoms with Crippen LogP contribution in [-0.4, -0.2) is 57.3 Å². The molecule has 0 spiro atoms. The standard InChI is InChI=1S/C25H20FN5O8/c26-17-10-13(2-4-15(17)22-29-25(37)39-30-22)27-23(35)16(11-20(33)34)21-24(36)31(7-8-38-21)14-3-5-18-12(9-14)1-6-19(32)28-18/h1-6,9-10,16,21H,7-8,11H2,(H,27,35)(H,28,32)(H,33,34)(H,29,30,37)/t16-,21-/m1/s1. The number of amides is 2. The van der Waals surface area contributed by atoms with Crippen LogP contribution in [0.3, 0.4) is 0 Å². The number of carboxylic acid groups (broad SMARTS) is 1. The number of halogens is 1. The summed E-state index contributed by atoms with van der Waals surface area (Å²) in [6.45, 7) is 0.186. The lowest BCUT2D eigenvalue weighted by Gasteiger charge is -2.35. The van der Waals surface area contributed by atoms with Gasteiger partial charge in [0.1, 0.15) is 11.9 Å².